The third-order valence-corrected chi connectivity index (χ3v) is 11.9. The molecule has 54 heavy (non-hydrogen) atoms. The van der Waals surface area contributed by atoms with Crippen LogP contribution in [0.25, 0.3) is 55.2 Å². The Morgan fingerprint density at radius 2 is 1.57 bits per heavy atom. The van der Waals surface area contributed by atoms with Crippen molar-refractivity contribution in [2.45, 2.75) is 18.4 Å². The maximum Gasteiger partial charge on any atom is 0.0964 e. The highest BCUT2D eigenvalue weighted by Gasteiger charge is 2.47. The van der Waals surface area contributed by atoms with Gasteiger partial charge >= 0.3 is 0 Å². The van der Waals surface area contributed by atoms with Crippen molar-refractivity contribution in [1.82, 2.24) is 24.4 Å². The molecule has 5 heteroatoms. The topological polar surface area (TPSA) is 47.7 Å². The molecule has 3 aromatic heterocycles. The first-order chi connectivity index (χ1) is 26.7. The number of pyridine rings is 1. The standard InChI is InChI=1S/C49H37N5/c1-32-26-34(20-23-45(32)53-31-52-44-15-5-7-17-47(44)53)33-18-21-37(22-19-33)54-46-16-6-3-13-39(46)41-27-40-38-12-2-4-14-42(38)49(43(40)28-48(41)54,35-10-8-24-50-29-35)36-11-9-25-51-30-36/h2-24,26-32,45,51H,25H2,1H3. The van der Waals surface area contributed by atoms with Crippen molar-refractivity contribution in [3.63, 3.8) is 0 Å². The Kier molecular flexibility index (Phi) is 6.80. The van der Waals surface area contributed by atoms with Crippen LogP contribution in [0.4, 0.5) is 0 Å². The van der Waals surface area contributed by atoms with Gasteiger partial charge in [0.25, 0.3) is 0 Å². The number of aromatic nitrogens is 4. The van der Waals surface area contributed by atoms with Gasteiger partial charge in [0, 0.05) is 41.6 Å². The summed E-state index contributed by atoms with van der Waals surface area (Å²) in [6.45, 7) is 3.12. The molecule has 0 bridgehead atoms. The number of fused-ring (bicyclic) bond motifs is 7. The van der Waals surface area contributed by atoms with Crippen molar-refractivity contribution in [2.75, 3.05) is 6.54 Å². The van der Waals surface area contributed by atoms with E-state index in [9.17, 15) is 0 Å². The van der Waals surface area contributed by atoms with Crippen molar-refractivity contribution >= 4 is 38.4 Å². The number of hydrogen-bond donors (Lipinski definition) is 1. The predicted octanol–water partition coefficient (Wildman–Crippen LogP) is 10.7. The summed E-state index contributed by atoms with van der Waals surface area (Å²) in [4.78, 5) is 9.32. The fourth-order valence-electron chi connectivity index (χ4n) is 9.47. The van der Waals surface area contributed by atoms with Crippen molar-refractivity contribution in [1.29, 1.82) is 0 Å². The molecule has 1 aliphatic heterocycles. The van der Waals surface area contributed by atoms with Crippen molar-refractivity contribution < 1.29 is 0 Å². The third-order valence-electron chi connectivity index (χ3n) is 11.9. The zero-order valence-corrected chi connectivity index (χ0v) is 29.9. The quantitative estimate of drug-likeness (QED) is 0.195. The predicted molar refractivity (Wildman–Crippen MR) is 221 cm³/mol. The van der Waals surface area contributed by atoms with Crippen LogP contribution in [0, 0.1) is 5.92 Å². The molecule has 8 aromatic rings. The summed E-state index contributed by atoms with van der Waals surface area (Å²) in [5, 5.41) is 6.03. The van der Waals surface area contributed by atoms with Crippen molar-refractivity contribution in [2.24, 2.45) is 5.92 Å². The first kappa shape index (κ1) is 30.9. The normalized spacial score (nSPS) is 20.2. The summed E-state index contributed by atoms with van der Waals surface area (Å²) in [6.07, 6.45) is 19.6. The molecule has 0 saturated carbocycles. The number of imidazole rings is 1. The van der Waals surface area contributed by atoms with Gasteiger partial charge < -0.3 is 14.5 Å². The summed E-state index contributed by atoms with van der Waals surface area (Å²) in [7, 11) is 0. The summed E-state index contributed by atoms with van der Waals surface area (Å²) >= 11 is 0. The second-order valence-electron chi connectivity index (χ2n) is 14.7. The van der Waals surface area contributed by atoms with Gasteiger partial charge in [0.1, 0.15) is 0 Å². The lowest BCUT2D eigenvalue weighted by molar-refractivity contribution is 0.497. The molecular weight excluding hydrogens is 659 g/mol. The molecule has 3 unspecified atom stereocenters. The Balaban J connectivity index is 1.06. The minimum absolute atomic E-state index is 0.223. The van der Waals surface area contributed by atoms with Crippen LogP contribution >= 0.6 is 0 Å². The molecule has 0 fully saturated rings. The van der Waals surface area contributed by atoms with Gasteiger partial charge in [-0.2, -0.15) is 0 Å². The summed E-state index contributed by atoms with van der Waals surface area (Å²) in [5.74, 6) is 0.315. The molecule has 3 aliphatic rings. The monoisotopic (exact) mass is 695 g/mol. The Labute approximate surface area is 314 Å². The Morgan fingerprint density at radius 1 is 0.741 bits per heavy atom. The Hall–Kier alpha value is -6.72. The molecule has 5 aromatic carbocycles. The fourth-order valence-corrected chi connectivity index (χ4v) is 9.47. The van der Waals surface area contributed by atoms with Crippen LogP contribution in [0.2, 0.25) is 0 Å². The molecule has 0 radical (unpaired) electrons. The Bertz CT molecular complexity index is 2900. The maximum atomic E-state index is 4.67. The number of rotatable bonds is 5. The van der Waals surface area contributed by atoms with E-state index in [2.05, 4.69) is 183 Å². The average Bonchev–Trinajstić information content (AvgIpc) is 3.90. The third kappa shape index (κ3) is 4.39. The van der Waals surface area contributed by atoms with Gasteiger partial charge in [-0.25, -0.2) is 4.98 Å². The van der Waals surface area contributed by atoms with E-state index in [0.717, 1.165) is 23.3 Å². The molecule has 0 amide bonds. The summed E-state index contributed by atoms with van der Waals surface area (Å²) in [6, 6.07) is 44.6. The van der Waals surface area contributed by atoms with Crippen LogP contribution in [0.1, 0.15) is 35.2 Å². The maximum absolute atomic E-state index is 4.67. The number of dihydropyridines is 1. The van der Waals surface area contributed by atoms with Gasteiger partial charge in [0.15, 0.2) is 0 Å². The van der Waals surface area contributed by atoms with Crippen LogP contribution < -0.4 is 5.32 Å². The first-order valence-electron chi connectivity index (χ1n) is 18.8. The molecule has 4 heterocycles. The summed E-state index contributed by atoms with van der Waals surface area (Å²) in [5.41, 5.74) is 15.1. The fraction of sp³-hybridized carbons (Fsp3) is 0.102. The second kappa shape index (κ2) is 11.9. The lowest BCUT2D eigenvalue weighted by atomic mass is 9.67. The number of hydrogen-bond acceptors (Lipinski definition) is 3. The lowest BCUT2D eigenvalue weighted by Crippen LogP contribution is -2.31. The molecule has 3 atom stereocenters. The number of para-hydroxylation sites is 3. The number of allylic oxidation sites excluding steroid dienone is 6. The van der Waals surface area contributed by atoms with E-state index in [1.807, 2.05) is 24.8 Å². The smallest absolute Gasteiger partial charge is 0.0964 e. The van der Waals surface area contributed by atoms with Gasteiger partial charge in [-0.05, 0) is 99.0 Å². The molecule has 1 N–H and O–H groups in total. The lowest BCUT2D eigenvalue weighted by Gasteiger charge is -2.35. The van der Waals surface area contributed by atoms with E-state index in [1.54, 1.807) is 0 Å². The van der Waals surface area contributed by atoms with Gasteiger partial charge in [0.05, 0.1) is 39.9 Å². The number of benzene rings is 5. The van der Waals surface area contributed by atoms with E-state index in [-0.39, 0.29) is 6.04 Å². The molecule has 5 nitrogen and oxygen atoms in total. The minimum Gasteiger partial charge on any atom is -0.387 e. The van der Waals surface area contributed by atoms with Crippen molar-refractivity contribution in [3.05, 3.63) is 204 Å². The minimum atomic E-state index is -0.527. The highest BCUT2D eigenvalue weighted by Crippen LogP contribution is 2.58. The van der Waals surface area contributed by atoms with E-state index in [0.29, 0.717) is 5.92 Å². The highest BCUT2D eigenvalue weighted by atomic mass is 15.1. The largest absolute Gasteiger partial charge is 0.387 e. The molecule has 2 aliphatic carbocycles. The van der Waals surface area contributed by atoms with E-state index < -0.39 is 5.41 Å². The van der Waals surface area contributed by atoms with E-state index in [1.165, 1.54) is 66.3 Å². The zero-order chi connectivity index (χ0) is 35.8. The van der Waals surface area contributed by atoms with Crippen LogP contribution in [0.3, 0.4) is 0 Å². The Morgan fingerprint density at radius 3 is 2.41 bits per heavy atom. The van der Waals surface area contributed by atoms with E-state index >= 15 is 0 Å². The van der Waals surface area contributed by atoms with Crippen LogP contribution in [0.15, 0.2) is 182 Å². The van der Waals surface area contributed by atoms with Gasteiger partial charge in [-0.15, -0.1) is 0 Å². The van der Waals surface area contributed by atoms with Crippen LogP contribution in [0.5, 0.6) is 0 Å². The van der Waals surface area contributed by atoms with Gasteiger partial charge in [-0.1, -0.05) is 110 Å². The second-order valence-corrected chi connectivity index (χ2v) is 14.7. The van der Waals surface area contributed by atoms with E-state index in [4.69, 9.17) is 0 Å². The number of nitrogens with one attached hydrogen (secondary N) is 1. The average molecular weight is 696 g/mol. The molecule has 258 valence electrons. The molecular formula is C49H37N5. The molecule has 11 rings (SSSR count). The van der Waals surface area contributed by atoms with Crippen molar-refractivity contribution in [3.8, 4) is 16.8 Å². The van der Waals surface area contributed by atoms with Gasteiger partial charge in [-0.3, -0.25) is 4.98 Å². The molecule has 0 saturated heterocycles. The van der Waals surface area contributed by atoms with Gasteiger partial charge in [0.2, 0.25) is 0 Å². The van der Waals surface area contributed by atoms with Crippen LogP contribution in [-0.2, 0) is 5.41 Å². The highest BCUT2D eigenvalue weighted by molar-refractivity contribution is 6.12. The zero-order valence-electron chi connectivity index (χ0n) is 29.9. The summed E-state index contributed by atoms with van der Waals surface area (Å²) < 4.78 is 4.74. The number of nitrogens with zero attached hydrogens (tertiary/aromatic N) is 4. The first-order valence-corrected chi connectivity index (χ1v) is 18.8. The SMILES string of the molecule is CC1C=C(c2ccc(-n3c4ccccc4c4cc5c(cc43)C(C3=CNCC=C3)(c3cccnc3)c3ccccc3-5)cc2)C=CC1n1cnc2ccccc21. The van der Waals surface area contributed by atoms with Crippen LogP contribution in [-0.4, -0.2) is 25.6 Å². The molecule has 0 spiro atoms.